The third-order valence-corrected chi connectivity index (χ3v) is 9.48. The fourth-order valence-electron chi connectivity index (χ4n) is 6.84. The Kier molecular flexibility index (Phi) is 10.4. The maximum absolute atomic E-state index is 14.0. The van der Waals surface area contributed by atoms with E-state index in [9.17, 15) is 14.4 Å². The number of carbonyl (C=O) groups excluding carboxylic acids is 1. The number of pyridine rings is 1. The zero-order valence-electron chi connectivity index (χ0n) is 30.1. The number of ether oxygens (including phenoxy) is 5. The zero-order chi connectivity index (χ0) is 37.7. The molecule has 0 N–H and O–H groups in total. The molecule has 0 saturated carbocycles. The third-order valence-electron chi connectivity index (χ3n) is 9.48. The first-order chi connectivity index (χ1) is 27.0. The average molecular weight is 736 g/mol. The summed E-state index contributed by atoms with van der Waals surface area (Å²) in [4.78, 5) is 40.6. The molecule has 0 radical (unpaired) electrons. The summed E-state index contributed by atoms with van der Waals surface area (Å²) in [6.45, 7) is 2.98. The molecule has 0 bridgehead atoms. The Morgan fingerprint density at radius 3 is 1.95 bits per heavy atom. The molecule has 0 unspecified atom stereocenters. The number of methoxy groups -OCH3 is 1. The van der Waals surface area contributed by atoms with Crippen LogP contribution in [0.5, 0.6) is 11.5 Å². The molecule has 55 heavy (non-hydrogen) atoms. The van der Waals surface area contributed by atoms with Crippen molar-refractivity contribution < 1.29 is 32.9 Å². The maximum atomic E-state index is 14.0. The van der Waals surface area contributed by atoms with E-state index >= 15 is 0 Å². The van der Waals surface area contributed by atoms with Gasteiger partial charge in [0.05, 0.1) is 45.1 Å². The Balaban J connectivity index is 1.04. The van der Waals surface area contributed by atoms with Gasteiger partial charge < -0.3 is 28.1 Å². The highest BCUT2D eigenvalue weighted by Crippen LogP contribution is 2.38. The molecule has 0 aliphatic rings. The molecule has 0 fully saturated rings. The van der Waals surface area contributed by atoms with Crippen molar-refractivity contribution in [2.75, 3.05) is 46.8 Å². The van der Waals surface area contributed by atoms with Gasteiger partial charge in [-0.3, -0.25) is 14.4 Å². The minimum Gasteiger partial charge on any atom is -0.491 e. The zero-order valence-corrected chi connectivity index (χ0v) is 30.1. The lowest BCUT2D eigenvalue weighted by atomic mass is 9.95. The van der Waals surface area contributed by atoms with Gasteiger partial charge in [0.2, 0.25) is 0 Å². The first-order valence-electron chi connectivity index (χ1n) is 18.0. The summed E-state index contributed by atoms with van der Waals surface area (Å²) in [5, 5.41) is 3.85. The fourth-order valence-corrected chi connectivity index (χ4v) is 6.84. The predicted octanol–water partition coefficient (Wildman–Crippen LogP) is 7.71. The molecule has 0 saturated heterocycles. The summed E-state index contributed by atoms with van der Waals surface area (Å²) < 4.78 is 34.7. The van der Waals surface area contributed by atoms with Crippen LogP contribution in [0.4, 0.5) is 0 Å². The van der Waals surface area contributed by atoms with Gasteiger partial charge in [-0.25, -0.2) is 4.57 Å². The number of carbonyl (C=O) groups is 1. The Hall–Kier alpha value is -6.33. The van der Waals surface area contributed by atoms with E-state index in [1.807, 2.05) is 48.5 Å². The van der Waals surface area contributed by atoms with E-state index in [-0.39, 0.29) is 6.42 Å². The molecule has 0 aliphatic carbocycles. The van der Waals surface area contributed by atoms with Crippen LogP contribution in [0.15, 0.2) is 135 Å². The van der Waals surface area contributed by atoms with Gasteiger partial charge in [-0.2, -0.15) is 0 Å². The maximum Gasteiger partial charge on any atom is 0.315 e. The summed E-state index contributed by atoms with van der Waals surface area (Å²) in [7, 11) is 1.64. The third kappa shape index (κ3) is 7.43. The molecule has 0 amide bonds. The van der Waals surface area contributed by atoms with E-state index in [0.29, 0.717) is 84.0 Å². The molecule has 8 rings (SSSR count). The first kappa shape index (κ1) is 35.7. The van der Waals surface area contributed by atoms with Crippen LogP contribution in [0.2, 0.25) is 0 Å². The van der Waals surface area contributed by atoms with Gasteiger partial charge in [-0.1, -0.05) is 54.6 Å². The van der Waals surface area contributed by atoms with E-state index in [4.69, 9.17) is 28.1 Å². The van der Waals surface area contributed by atoms with Gasteiger partial charge in [-0.05, 0) is 88.8 Å². The number of esters is 1. The molecule has 6 aromatic carbocycles. The normalized spacial score (nSPS) is 11.6. The highest BCUT2D eigenvalue weighted by atomic mass is 16.6. The van der Waals surface area contributed by atoms with Crippen molar-refractivity contribution in [1.82, 2.24) is 4.57 Å². The van der Waals surface area contributed by atoms with Gasteiger partial charge in [-0.15, -0.1) is 0 Å². The Bertz CT molecular complexity index is 2690. The minimum atomic E-state index is -0.433. The summed E-state index contributed by atoms with van der Waals surface area (Å²) in [5.74, 6) is 0.792. The van der Waals surface area contributed by atoms with Crippen molar-refractivity contribution in [2.24, 2.45) is 0 Å². The molecule has 8 aromatic rings. The second-order valence-corrected chi connectivity index (χ2v) is 13.0. The number of benzene rings is 6. The Morgan fingerprint density at radius 2 is 1.22 bits per heavy atom. The topological polar surface area (TPSA) is 115 Å². The van der Waals surface area contributed by atoms with Crippen LogP contribution in [-0.2, 0) is 25.4 Å². The smallest absolute Gasteiger partial charge is 0.315 e. The lowest BCUT2D eigenvalue weighted by Gasteiger charge is -2.15. The standard InChI is InChI=1S/C45H37NO9/c1-50-21-22-51-23-24-52-25-26-53-33-14-9-30(10-15-33)31-11-19-39-38(28-31)35-16-17-36-42-37(18-20-40(55-39)43(35)42)45(49)46(44(36)48)32-12-7-29(8-13-32)27-41(47)54-34-5-3-2-4-6-34/h2-20,28H,21-27H2,1H3. The second kappa shape index (κ2) is 16.0. The highest BCUT2D eigenvalue weighted by Gasteiger charge is 2.20. The van der Waals surface area contributed by atoms with Gasteiger partial charge in [0.15, 0.2) is 0 Å². The summed E-state index contributed by atoms with van der Waals surface area (Å²) in [6.07, 6.45) is 0.0388. The van der Waals surface area contributed by atoms with Crippen LogP contribution >= 0.6 is 0 Å². The molecule has 10 nitrogen and oxygen atoms in total. The SMILES string of the molecule is COCCOCCOCCOc1ccc(-c2ccc3oc4ccc5c(=O)n(-c6ccc(CC(=O)Oc7ccccc7)cc6)c(=O)c6ccc(c3c2)c4c56)cc1. The fraction of sp³-hybridized carbons (Fsp3) is 0.178. The average Bonchev–Trinajstić information content (AvgIpc) is 3.21. The minimum absolute atomic E-state index is 0.0388. The first-order valence-corrected chi connectivity index (χ1v) is 18.0. The van der Waals surface area contributed by atoms with Gasteiger partial charge in [0.25, 0.3) is 11.1 Å². The van der Waals surface area contributed by atoms with Crippen LogP contribution in [0.3, 0.4) is 0 Å². The number of fused-ring (bicyclic) bond motifs is 2. The Labute approximate surface area is 315 Å². The van der Waals surface area contributed by atoms with Crippen molar-refractivity contribution in [2.45, 2.75) is 6.42 Å². The number of rotatable bonds is 15. The van der Waals surface area contributed by atoms with Crippen molar-refractivity contribution in [1.29, 1.82) is 0 Å². The molecule has 276 valence electrons. The van der Waals surface area contributed by atoms with E-state index in [2.05, 4.69) is 6.07 Å². The quantitative estimate of drug-likeness (QED) is 0.0343. The lowest BCUT2D eigenvalue weighted by molar-refractivity contribution is -0.133. The molecule has 0 spiro atoms. The van der Waals surface area contributed by atoms with Crippen molar-refractivity contribution in [3.63, 3.8) is 0 Å². The highest BCUT2D eigenvalue weighted by molar-refractivity contribution is 6.26. The molecule has 0 aliphatic heterocycles. The van der Waals surface area contributed by atoms with E-state index in [0.717, 1.165) is 33.0 Å². The van der Waals surface area contributed by atoms with E-state index in [1.165, 1.54) is 4.57 Å². The van der Waals surface area contributed by atoms with Crippen LogP contribution in [-0.4, -0.2) is 57.3 Å². The second-order valence-electron chi connectivity index (χ2n) is 13.0. The molecule has 2 heterocycles. The number of hydrogen-bond acceptors (Lipinski definition) is 9. The number of para-hydroxylation sites is 1. The summed E-state index contributed by atoms with van der Waals surface area (Å²) >= 11 is 0. The molecule has 2 aromatic heterocycles. The van der Waals surface area contributed by atoms with Gasteiger partial charge in [0.1, 0.15) is 29.3 Å². The molecular weight excluding hydrogens is 698 g/mol. The van der Waals surface area contributed by atoms with Crippen LogP contribution in [0, 0.1) is 0 Å². The molecule has 0 atom stereocenters. The van der Waals surface area contributed by atoms with Gasteiger partial charge in [0, 0.05) is 34.0 Å². The van der Waals surface area contributed by atoms with Crippen molar-refractivity contribution >= 4 is 49.5 Å². The van der Waals surface area contributed by atoms with Crippen LogP contribution in [0.25, 0.3) is 60.3 Å². The van der Waals surface area contributed by atoms with E-state index < -0.39 is 17.1 Å². The monoisotopic (exact) mass is 735 g/mol. The lowest BCUT2D eigenvalue weighted by Crippen LogP contribution is -2.31. The Morgan fingerprint density at radius 1 is 0.582 bits per heavy atom. The van der Waals surface area contributed by atoms with Crippen LogP contribution in [0.1, 0.15) is 5.56 Å². The number of hydrogen-bond donors (Lipinski definition) is 0. The summed E-state index contributed by atoms with van der Waals surface area (Å²) in [5.41, 5.74) is 3.47. The van der Waals surface area contributed by atoms with E-state index in [1.54, 1.807) is 73.8 Å². The van der Waals surface area contributed by atoms with Crippen molar-refractivity contribution in [3.8, 4) is 28.3 Å². The molecule has 10 heteroatoms. The largest absolute Gasteiger partial charge is 0.491 e. The van der Waals surface area contributed by atoms with Crippen molar-refractivity contribution in [3.05, 3.63) is 148 Å². The van der Waals surface area contributed by atoms with Crippen LogP contribution < -0.4 is 20.6 Å². The molecular formula is C45H37NO9. The number of aromatic nitrogens is 1. The van der Waals surface area contributed by atoms with Gasteiger partial charge >= 0.3 is 5.97 Å². The predicted molar refractivity (Wildman–Crippen MR) is 212 cm³/mol. The summed E-state index contributed by atoms with van der Waals surface area (Å²) in [6, 6.07) is 36.7. The number of nitrogens with zero attached hydrogens (tertiary/aromatic N) is 1.